The van der Waals surface area contributed by atoms with E-state index in [4.69, 9.17) is 0 Å². The molecule has 0 bridgehead atoms. The molecule has 3 heteroatoms. The molecule has 1 aromatic rings. The lowest BCUT2D eigenvalue weighted by Crippen LogP contribution is -2.11. The Morgan fingerprint density at radius 1 is 1.50 bits per heavy atom. The van der Waals surface area contributed by atoms with Crippen molar-refractivity contribution in [2.75, 3.05) is 0 Å². The molecule has 1 saturated carbocycles. The van der Waals surface area contributed by atoms with Gasteiger partial charge >= 0.3 is 0 Å². The monoisotopic (exact) mass is 165 g/mol. The molecular weight excluding hydrogens is 150 g/mol. The summed E-state index contributed by atoms with van der Waals surface area (Å²) in [4.78, 5) is 0. The van der Waals surface area contributed by atoms with E-state index in [1.54, 1.807) is 0 Å². The van der Waals surface area contributed by atoms with Gasteiger partial charge in [0, 0.05) is 5.92 Å². The van der Waals surface area contributed by atoms with Gasteiger partial charge in [-0.15, -0.1) is 0 Å². The summed E-state index contributed by atoms with van der Waals surface area (Å²) in [7, 11) is 0. The highest BCUT2D eigenvalue weighted by atomic mass is 15.3. The van der Waals surface area contributed by atoms with Crippen LogP contribution in [0.4, 0.5) is 0 Å². The molecule has 2 atom stereocenters. The van der Waals surface area contributed by atoms with E-state index < -0.39 is 0 Å². The van der Waals surface area contributed by atoms with Crippen LogP contribution >= 0.6 is 0 Å². The fourth-order valence-corrected chi connectivity index (χ4v) is 2.11. The van der Waals surface area contributed by atoms with Crippen molar-refractivity contribution in [2.24, 2.45) is 5.92 Å². The first kappa shape index (κ1) is 7.77. The summed E-state index contributed by atoms with van der Waals surface area (Å²) in [5, 5.41) is 10.7. The minimum atomic E-state index is 0.660. The number of nitrogens with zero attached hydrogens (tertiary/aromatic N) is 2. The molecule has 1 N–H and O–H groups in total. The molecule has 0 amide bonds. The average molecular weight is 165 g/mol. The van der Waals surface area contributed by atoms with Crippen molar-refractivity contribution >= 4 is 0 Å². The van der Waals surface area contributed by atoms with Crippen molar-refractivity contribution in [2.45, 2.75) is 38.5 Å². The lowest BCUT2D eigenvalue weighted by Gasteiger charge is -2.24. The minimum absolute atomic E-state index is 0.660. The number of rotatable bonds is 1. The van der Waals surface area contributed by atoms with Gasteiger partial charge in [-0.2, -0.15) is 15.4 Å². The van der Waals surface area contributed by atoms with Gasteiger partial charge in [0.05, 0.1) is 11.9 Å². The van der Waals surface area contributed by atoms with Crippen LogP contribution in [0.25, 0.3) is 0 Å². The van der Waals surface area contributed by atoms with Crippen LogP contribution in [-0.2, 0) is 0 Å². The number of H-pyrrole nitrogens is 1. The molecule has 0 unspecified atom stereocenters. The number of hydrogen-bond donors (Lipinski definition) is 1. The number of aromatic nitrogens is 3. The van der Waals surface area contributed by atoms with E-state index in [0.29, 0.717) is 5.92 Å². The Morgan fingerprint density at radius 3 is 3.08 bits per heavy atom. The van der Waals surface area contributed by atoms with Gasteiger partial charge in [-0.25, -0.2) is 0 Å². The van der Waals surface area contributed by atoms with Crippen LogP contribution in [0.2, 0.25) is 0 Å². The van der Waals surface area contributed by atoms with E-state index in [2.05, 4.69) is 22.3 Å². The molecule has 1 aliphatic rings. The second kappa shape index (κ2) is 3.25. The van der Waals surface area contributed by atoms with Gasteiger partial charge in [0.25, 0.3) is 0 Å². The normalized spacial score (nSPS) is 30.4. The summed E-state index contributed by atoms with van der Waals surface area (Å²) in [5.74, 6) is 1.52. The van der Waals surface area contributed by atoms with Crippen LogP contribution in [0.3, 0.4) is 0 Å². The minimum Gasteiger partial charge on any atom is -0.198 e. The summed E-state index contributed by atoms with van der Waals surface area (Å²) in [5.41, 5.74) is 1.15. The SMILES string of the molecule is C[C@H]1CCC[C@H](c2cn[nH]n2)C1. The van der Waals surface area contributed by atoms with Crippen molar-refractivity contribution in [3.63, 3.8) is 0 Å². The van der Waals surface area contributed by atoms with Gasteiger partial charge < -0.3 is 0 Å². The molecular formula is C9H15N3. The Hall–Kier alpha value is -0.860. The molecule has 1 aromatic heterocycles. The Balaban J connectivity index is 2.04. The third-order valence-electron chi connectivity index (χ3n) is 2.79. The van der Waals surface area contributed by atoms with E-state index in [9.17, 15) is 0 Å². The molecule has 3 nitrogen and oxygen atoms in total. The predicted molar refractivity (Wildman–Crippen MR) is 46.8 cm³/mol. The van der Waals surface area contributed by atoms with E-state index in [-0.39, 0.29) is 0 Å². The maximum Gasteiger partial charge on any atom is 0.0855 e. The largest absolute Gasteiger partial charge is 0.198 e. The average Bonchev–Trinajstić information content (AvgIpc) is 2.56. The van der Waals surface area contributed by atoms with E-state index in [0.717, 1.165) is 11.6 Å². The van der Waals surface area contributed by atoms with Crippen molar-refractivity contribution < 1.29 is 0 Å². The van der Waals surface area contributed by atoms with Crippen LogP contribution in [0, 0.1) is 5.92 Å². The number of aromatic amines is 1. The highest BCUT2D eigenvalue weighted by Gasteiger charge is 2.21. The topological polar surface area (TPSA) is 41.6 Å². The Bertz CT molecular complexity index is 230. The molecule has 0 spiro atoms. The van der Waals surface area contributed by atoms with Crippen LogP contribution in [0.1, 0.15) is 44.2 Å². The maximum atomic E-state index is 4.14. The first-order chi connectivity index (χ1) is 5.86. The smallest absolute Gasteiger partial charge is 0.0855 e. The van der Waals surface area contributed by atoms with Crippen LogP contribution in [0.15, 0.2) is 6.20 Å². The van der Waals surface area contributed by atoms with Crippen LogP contribution in [-0.4, -0.2) is 15.4 Å². The third kappa shape index (κ3) is 1.49. The zero-order valence-corrected chi connectivity index (χ0v) is 7.45. The molecule has 66 valence electrons. The Kier molecular flexibility index (Phi) is 2.11. The summed E-state index contributed by atoms with van der Waals surface area (Å²) >= 11 is 0. The highest BCUT2D eigenvalue weighted by Crippen LogP contribution is 2.34. The molecule has 1 heterocycles. The van der Waals surface area contributed by atoms with Gasteiger partial charge in [0.1, 0.15) is 0 Å². The molecule has 0 radical (unpaired) electrons. The quantitative estimate of drug-likeness (QED) is 0.692. The Morgan fingerprint density at radius 2 is 2.42 bits per heavy atom. The standard InChI is InChI=1S/C9H15N3/c1-7-3-2-4-8(5-7)9-6-10-12-11-9/h6-8H,2-5H2,1H3,(H,10,11,12)/t7-,8-/m0/s1. The van der Waals surface area contributed by atoms with E-state index >= 15 is 0 Å². The van der Waals surface area contributed by atoms with Crippen molar-refractivity contribution in [1.82, 2.24) is 15.4 Å². The fraction of sp³-hybridized carbons (Fsp3) is 0.778. The van der Waals surface area contributed by atoms with Gasteiger partial charge in [0.2, 0.25) is 0 Å². The second-order valence-electron chi connectivity index (χ2n) is 3.86. The molecule has 0 aliphatic heterocycles. The molecule has 0 saturated heterocycles. The second-order valence-corrected chi connectivity index (χ2v) is 3.86. The summed E-state index contributed by atoms with van der Waals surface area (Å²) in [6, 6.07) is 0. The highest BCUT2D eigenvalue weighted by molar-refractivity contribution is 5.02. The summed E-state index contributed by atoms with van der Waals surface area (Å²) in [6.45, 7) is 2.33. The van der Waals surface area contributed by atoms with E-state index in [1.807, 2.05) is 6.20 Å². The van der Waals surface area contributed by atoms with Crippen molar-refractivity contribution in [3.05, 3.63) is 11.9 Å². The van der Waals surface area contributed by atoms with Gasteiger partial charge in [-0.05, 0) is 18.8 Å². The zero-order valence-electron chi connectivity index (χ0n) is 7.45. The zero-order chi connectivity index (χ0) is 8.39. The third-order valence-corrected chi connectivity index (χ3v) is 2.79. The molecule has 2 rings (SSSR count). The predicted octanol–water partition coefficient (Wildman–Crippen LogP) is 2.10. The number of hydrogen-bond acceptors (Lipinski definition) is 2. The fourth-order valence-electron chi connectivity index (χ4n) is 2.11. The molecule has 12 heavy (non-hydrogen) atoms. The van der Waals surface area contributed by atoms with Crippen LogP contribution in [0.5, 0.6) is 0 Å². The van der Waals surface area contributed by atoms with Gasteiger partial charge in [0.15, 0.2) is 0 Å². The summed E-state index contributed by atoms with van der Waals surface area (Å²) < 4.78 is 0. The first-order valence-electron chi connectivity index (χ1n) is 4.72. The number of nitrogens with one attached hydrogen (secondary N) is 1. The molecule has 1 aliphatic carbocycles. The van der Waals surface area contributed by atoms with Gasteiger partial charge in [-0.3, -0.25) is 0 Å². The van der Waals surface area contributed by atoms with Crippen LogP contribution < -0.4 is 0 Å². The lowest BCUT2D eigenvalue weighted by atomic mass is 9.81. The van der Waals surface area contributed by atoms with E-state index in [1.165, 1.54) is 25.7 Å². The first-order valence-corrected chi connectivity index (χ1v) is 4.72. The Labute approximate surface area is 72.6 Å². The van der Waals surface area contributed by atoms with Crippen molar-refractivity contribution in [3.8, 4) is 0 Å². The molecule has 1 fully saturated rings. The maximum absolute atomic E-state index is 4.14. The lowest BCUT2D eigenvalue weighted by molar-refractivity contribution is 0.340. The summed E-state index contributed by atoms with van der Waals surface area (Å²) in [6.07, 6.45) is 7.17. The van der Waals surface area contributed by atoms with Crippen molar-refractivity contribution in [1.29, 1.82) is 0 Å². The molecule has 0 aromatic carbocycles. The van der Waals surface area contributed by atoms with Gasteiger partial charge in [-0.1, -0.05) is 19.8 Å².